The number of aryl methyl sites for hydroxylation is 1. The molecular formula is C19H28N2O3. The highest BCUT2D eigenvalue weighted by atomic mass is 16.6. The molecule has 1 amide bonds. The molecule has 2 rings (SSSR count). The molecule has 2 aromatic rings. The molecule has 0 radical (unpaired) electrons. The van der Waals surface area contributed by atoms with E-state index >= 15 is 0 Å². The number of carbonyl (C=O) groups excluding carboxylic acids is 1. The Bertz CT molecular complexity index is 685. The second-order valence-corrected chi connectivity index (χ2v) is 7.17. The first kappa shape index (κ1) is 18.3. The normalized spacial score (nSPS) is 13.0. The number of fused-ring (bicyclic) bond motifs is 1. The highest BCUT2D eigenvalue weighted by Gasteiger charge is 2.20. The largest absolute Gasteiger partial charge is 0.444 e. The van der Waals surface area contributed by atoms with Crippen LogP contribution in [0.15, 0.2) is 24.4 Å². The molecule has 0 saturated carbocycles. The smallest absolute Gasteiger partial charge is 0.407 e. The highest BCUT2D eigenvalue weighted by Crippen LogP contribution is 2.22. The van der Waals surface area contributed by atoms with Gasteiger partial charge in [0.2, 0.25) is 0 Å². The van der Waals surface area contributed by atoms with Gasteiger partial charge >= 0.3 is 6.09 Å². The number of carbonyl (C=O) groups is 1. The lowest BCUT2D eigenvalue weighted by Gasteiger charge is -2.22. The molecule has 0 aliphatic heterocycles. The topological polar surface area (TPSA) is 74.3 Å². The first-order valence-corrected chi connectivity index (χ1v) is 8.51. The number of rotatable bonds is 6. The van der Waals surface area contributed by atoms with E-state index in [0.29, 0.717) is 6.42 Å². The van der Waals surface area contributed by atoms with Gasteiger partial charge in [-0.05, 0) is 50.8 Å². The van der Waals surface area contributed by atoms with Crippen LogP contribution >= 0.6 is 0 Å². The van der Waals surface area contributed by atoms with Gasteiger partial charge in [0.05, 0.1) is 12.6 Å². The average Bonchev–Trinajstić information content (AvgIpc) is 2.87. The van der Waals surface area contributed by atoms with Gasteiger partial charge in [0.1, 0.15) is 5.60 Å². The number of nitrogens with one attached hydrogen (secondary N) is 2. The van der Waals surface area contributed by atoms with Crippen LogP contribution in [0, 0.1) is 0 Å². The van der Waals surface area contributed by atoms with Crippen molar-refractivity contribution in [1.29, 1.82) is 0 Å². The number of hydrogen-bond acceptors (Lipinski definition) is 3. The van der Waals surface area contributed by atoms with E-state index in [1.165, 1.54) is 5.56 Å². The molecule has 0 aliphatic rings. The Balaban J connectivity index is 2.08. The summed E-state index contributed by atoms with van der Waals surface area (Å²) in [6.45, 7) is 7.47. The van der Waals surface area contributed by atoms with Crippen LogP contribution in [-0.2, 0) is 17.6 Å². The van der Waals surface area contributed by atoms with E-state index in [1.807, 2.05) is 27.0 Å². The molecule has 1 atom stereocenters. The minimum Gasteiger partial charge on any atom is -0.444 e. The summed E-state index contributed by atoms with van der Waals surface area (Å²) >= 11 is 0. The van der Waals surface area contributed by atoms with Crippen molar-refractivity contribution in [2.24, 2.45) is 0 Å². The van der Waals surface area contributed by atoms with Crippen LogP contribution < -0.4 is 5.32 Å². The Morgan fingerprint density at radius 3 is 2.75 bits per heavy atom. The van der Waals surface area contributed by atoms with Gasteiger partial charge in [0, 0.05) is 17.1 Å². The molecule has 5 nitrogen and oxygen atoms in total. The van der Waals surface area contributed by atoms with Crippen LogP contribution in [0.3, 0.4) is 0 Å². The zero-order valence-electron chi connectivity index (χ0n) is 15.0. The predicted molar refractivity (Wildman–Crippen MR) is 96.2 cm³/mol. The first-order valence-electron chi connectivity index (χ1n) is 8.51. The molecule has 0 fully saturated rings. The summed E-state index contributed by atoms with van der Waals surface area (Å²) in [7, 11) is 0. The van der Waals surface area contributed by atoms with Crippen LogP contribution in [0.4, 0.5) is 4.79 Å². The van der Waals surface area contributed by atoms with Gasteiger partial charge in [0.25, 0.3) is 0 Å². The van der Waals surface area contributed by atoms with Gasteiger partial charge in [-0.3, -0.25) is 0 Å². The lowest BCUT2D eigenvalue weighted by atomic mass is 10.0. The first-order chi connectivity index (χ1) is 11.3. The number of amides is 1. The molecule has 1 aromatic heterocycles. The number of H-pyrrole nitrogens is 1. The Hall–Kier alpha value is -2.01. The van der Waals surface area contributed by atoms with Crippen molar-refractivity contribution >= 4 is 17.0 Å². The molecule has 1 heterocycles. The summed E-state index contributed by atoms with van der Waals surface area (Å²) in [5, 5.41) is 13.4. The standard InChI is InChI=1S/C19H28N2O3/c1-5-6-13-7-8-16-14(11-20-17(16)9-13)10-15(12-22)21-18(23)24-19(2,3)4/h7-9,11,15,20,22H,5-6,10,12H2,1-4H3,(H,21,23)/t15-/m1/s1. The SMILES string of the molecule is CCCc1ccc2c(C[C@H](CO)NC(=O)OC(C)(C)C)c[nH]c2c1. The minimum atomic E-state index is -0.555. The van der Waals surface area contributed by atoms with E-state index in [1.54, 1.807) is 0 Å². The van der Waals surface area contributed by atoms with Crippen molar-refractivity contribution in [3.05, 3.63) is 35.5 Å². The molecule has 5 heteroatoms. The maximum atomic E-state index is 11.9. The molecule has 0 bridgehead atoms. The van der Waals surface area contributed by atoms with Gasteiger partial charge in [-0.2, -0.15) is 0 Å². The molecule has 0 unspecified atom stereocenters. The summed E-state index contributed by atoms with van der Waals surface area (Å²) < 4.78 is 5.25. The van der Waals surface area contributed by atoms with E-state index in [-0.39, 0.29) is 12.6 Å². The van der Waals surface area contributed by atoms with E-state index in [9.17, 15) is 9.90 Å². The van der Waals surface area contributed by atoms with E-state index in [2.05, 4.69) is 35.4 Å². The van der Waals surface area contributed by atoms with Crippen molar-refractivity contribution in [2.75, 3.05) is 6.61 Å². The van der Waals surface area contributed by atoms with Crippen molar-refractivity contribution < 1.29 is 14.6 Å². The molecule has 1 aromatic carbocycles. The third kappa shape index (κ3) is 4.99. The van der Waals surface area contributed by atoms with Gasteiger partial charge in [-0.25, -0.2) is 4.79 Å². The summed E-state index contributed by atoms with van der Waals surface area (Å²) in [5.74, 6) is 0. The van der Waals surface area contributed by atoms with Crippen LogP contribution in [0.5, 0.6) is 0 Å². The third-order valence-electron chi connectivity index (χ3n) is 3.78. The average molecular weight is 332 g/mol. The number of benzene rings is 1. The fraction of sp³-hybridized carbons (Fsp3) is 0.526. The molecule has 0 saturated heterocycles. The zero-order chi connectivity index (χ0) is 17.7. The maximum Gasteiger partial charge on any atom is 0.407 e. The summed E-state index contributed by atoms with van der Waals surface area (Å²) in [5.41, 5.74) is 2.91. The molecule has 0 aliphatic carbocycles. The van der Waals surface area contributed by atoms with Crippen LogP contribution in [0.1, 0.15) is 45.2 Å². The predicted octanol–water partition coefficient (Wildman–Crippen LogP) is 3.55. The van der Waals surface area contributed by atoms with Crippen LogP contribution in [0.25, 0.3) is 10.9 Å². The fourth-order valence-electron chi connectivity index (χ4n) is 2.75. The second kappa shape index (κ2) is 7.71. The Morgan fingerprint density at radius 1 is 1.38 bits per heavy atom. The van der Waals surface area contributed by atoms with E-state index in [4.69, 9.17) is 4.74 Å². The van der Waals surface area contributed by atoms with Crippen LogP contribution in [-0.4, -0.2) is 34.4 Å². The quantitative estimate of drug-likeness (QED) is 0.757. The number of hydrogen-bond donors (Lipinski definition) is 3. The van der Waals surface area contributed by atoms with Crippen molar-refractivity contribution in [3.8, 4) is 0 Å². The summed E-state index contributed by atoms with van der Waals surface area (Å²) in [6, 6.07) is 6.03. The number of aliphatic hydroxyl groups is 1. The van der Waals surface area contributed by atoms with E-state index in [0.717, 1.165) is 29.3 Å². The summed E-state index contributed by atoms with van der Waals surface area (Å²) in [6.07, 6.45) is 4.16. The maximum absolute atomic E-state index is 11.9. The van der Waals surface area contributed by atoms with Gasteiger partial charge in [-0.15, -0.1) is 0 Å². The lowest BCUT2D eigenvalue weighted by molar-refractivity contribution is 0.0483. The number of alkyl carbamates (subject to hydrolysis) is 1. The van der Waals surface area contributed by atoms with E-state index < -0.39 is 11.7 Å². The summed E-state index contributed by atoms with van der Waals surface area (Å²) in [4.78, 5) is 15.2. The minimum absolute atomic E-state index is 0.139. The lowest BCUT2D eigenvalue weighted by Crippen LogP contribution is -2.42. The van der Waals surface area contributed by atoms with Crippen molar-refractivity contribution in [1.82, 2.24) is 10.3 Å². The zero-order valence-corrected chi connectivity index (χ0v) is 15.0. The Morgan fingerprint density at radius 2 is 2.12 bits per heavy atom. The number of ether oxygens (including phenoxy) is 1. The molecule has 24 heavy (non-hydrogen) atoms. The van der Waals surface area contributed by atoms with Crippen LogP contribution in [0.2, 0.25) is 0 Å². The second-order valence-electron chi connectivity index (χ2n) is 7.17. The third-order valence-corrected chi connectivity index (χ3v) is 3.78. The Labute approximate surface area is 143 Å². The number of aromatic amines is 1. The van der Waals surface area contributed by atoms with Gasteiger partial charge < -0.3 is 20.1 Å². The molecular weight excluding hydrogens is 304 g/mol. The monoisotopic (exact) mass is 332 g/mol. The molecule has 132 valence electrons. The molecule has 3 N–H and O–H groups in total. The fourth-order valence-corrected chi connectivity index (χ4v) is 2.75. The molecule has 0 spiro atoms. The highest BCUT2D eigenvalue weighted by molar-refractivity contribution is 5.84. The van der Waals surface area contributed by atoms with Gasteiger partial charge in [0.15, 0.2) is 0 Å². The van der Waals surface area contributed by atoms with Crippen molar-refractivity contribution in [2.45, 2.75) is 58.6 Å². The number of aromatic nitrogens is 1. The van der Waals surface area contributed by atoms with Crippen molar-refractivity contribution in [3.63, 3.8) is 0 Å². The Kier molecular flexibility index (Phi) is 5.89. The van der Waals surface area contributed by atoms with Gasteiger partial charge in [-0.1, -0.05) is 25.5 Å². The number of aliphatic hydroxyl groups excluding tert-OH is 1.